The lowest BCUT2D eigenvalue weighted by molar-refractivity contribution is -0.107. The third-order valence-electron chi connectivity index (χ3n) is 2.89. The number of allylic oxidation sites excluding steroid dienone is 1. The summed E-state index contributed by atoms with van der Waals surface area (Å²) in [4.78, 5) is 12.9. The zero-order chi connectivity index (χ0) is 14.0. The number of aldehydes is 1. The lowest BCUT2D eigenvalue weighted by atomic mass is 10.1. The Kier molecular flexibility index (Phi) is 6.12. The van der Waals surface area contributed by atoms with E-state index in [-0.39, 0.29) is 0 Å². The van der Waals surface area contributed by atoms with Crippen LogP contribution in [0.15, 0.2) is 71.6 Å². The molecule has 2 heteroatoms. The molecule has 0 atom stereocenters. The molecule has 0 N–H and O–H groups in total. The molecule has 0 bridgehead atoms. The summed E-state index contributed by atoms with van der Waals surface area (Å²) in [5.74, 6) is 0. The second-order valence-corrected chi connectivity index (χ2v) is 5.56. The van der Waals surface area contributed by atoms with E-state index in [1.165, 1.54) is 15.4 Å². The van der Waals surface area contributed by atoms with Gasteiger partial charge in [0.15, 0.2) is 0 Å². The Morgan fingerprint density at radius 3 is 2.20 bits per heavy atom. The van der Waals surface area contributed by atoms with E-state index in [4.69, 9.17) is 0 Å². The Bertz CT molecular complexity index is 546. The lowest BCUT2D eigenvalue weighted by Crippen LogP contribution is -1.82. The highest BCUT2D eigenvalue weighted by Gasteiger charge is 2.03. The van der Waals surface area contributed by atoms with Gasteiger partial charge in [0.05, 0.1) is 0 Å². The topological polar surface area (TPSA) is 17.1 Å². The van der Waals surface area contributed by atoms with Crippen LogP contribution in [-0.2, 0) is 4.79 Å². The van der Waals surface area contributed by atoms with E-state index in [2.05, 4.69) is 54.6 Å². The van der Waals surface area contributed by atoms with Crippen LogP contribution >= 0.6 is 11.8 Å². The van der Waals surface area contributed by atoms with Crippen molar-refractivity contribution in [3.8, 4) is 0 Å². The molecule has 0 fully saturated rings. The van der Waals surface area contributed by atoms with Gasteiger partial charge in [0.25, 0.3) is 0 Å². The number of rotatable bonds is 7. The Morgan fingerprint density at radius 2 is 1.55 bits per heavy atom. The summed E-state index contributed by atoms with van der Waals surface area (Å²) >= 11 is 1.77. The number of thioether (sulfide) groups is 1. The average molecular weight is 282 g/mol. The summed E-state index contributed by atoms with van der Waals surface area (Å²) < 4.78 is 0. The fourth-order valence-corrected chi connectivity index (χ4v) is 2.87. The zero-order valence-corrected chi connectivity index (χ0v) is 12.2. The maximum atomic E-state index is 10.4. The summed E-state index contributed by atoms with van der Waals surface area (Å²) in [6.07, 6.45) is 5.70. The quantitative estimate of drug-likeness (QED) is 0.395. The molecule has 20 heavy (non-hydrogen) atoms. The fraction of sp³-hybridized carbons (Fsp3) is 0.167. The van der Waals surface area contributed by atoms with Gasteiger partial charge in [-0.25, -0.2) is 0 Å². The molecule has 0 aliphatic carbocycles. The first-order chi connectivity index (χ1) is 9.90. The van der Waals surface area contributed by atoms with E-state index in [1.54, 1.807) is 11.8 Å². The van der Waals surface area contributed by atoms with E-state index in [0.29, 0.717) is 6.42 Å². The molecule has 2 aromatic rings. The predicted octanol–water partition coefficient (Wildman–Crippen LogP) is 5.19. The molecule has 1 nitrogen and oxygen atoms in total. The third kappa shape index (κ3) is 4.71. The largest absolute Gasteiger partial charge is 0.303 e. The summed E-state index contributed by atoms with van der Waals surface area (Å²) in [5.41, 5.74) is 1.23. The van der Waals surface area contributed by atoms with Crippen LogP contribution in [0.1, 0.15) is 24.8 Å². The molecule has 0 aromatic heterocycles. The monoisotopic (exact) mass is 282 g/mol. The Labute approximate surface area is 124 Å². The van der Waals surface area contributed by atoms with E-state index in [1.807, 2.05) is 12.1 Å². The van der Waals surface area contributed by atoms with Gasteiger partial charge in [-0.15, -0.1) is 0 Å². The number of hydrogen-bond donors (Lipinski definition) is 0. The fourth-order valence-electron chi connectivity index (χ4n) is 1.87. The zero-order valence-electron chi connectivity index (χ0n) is 11.4. The molecule has 102 valence electrons. The van der Waals surface area contributed by atoms with Crippen molar-refractivity contribution in [3.63, 3.8) is 0 Å². The maximum Gasteiger partial charge on any atom is 0.120 e. The van der Waals surface area contributed by atoms with E-state index in [0.717, 1.165) is 19.1 Å². The molecule has 0 aliphatic heterocycles. The van der Waals surface area contributed by atoms with Gasteiger partial charge < -0.3 is 4.79 Å². The highest BCUT2D eigenvalue weighted by Crippen LogP contribution is 2.34. The number of unbranched alkanes of at least 4 members (excludes halogenated alkanes) is 2. The lowest BCUT2D eigenvalue weighted by Gasteiger charge is -2.08. The van der Waals surface area contributed by atoms with Crippen LogP contribution in [0.3, 0.4) is 0 Å². The van der Waals surface area contributed by atoms with Crippen molar-refractivity contribution < 1.29 is 4.79 Å². The number of hydrogen-bond acceptors (Lipinski definition) is 2. The van der Waals surface area contributed by atoms with Gasteiger partial charge in [-0.2, -0.15) is 0 Å². The normalized spacial score (nSPS) is 11.3. The first kappa shape index (κ1) is 14.6. The van der Waals surface area contributed by atoms with Crippen molar-refractivity contribution in [1.29, 1.82) is 0 Å². The van der Waals surface area contributed by atoms with Gasteiger partial charge in [-0.05, 0) is 30.5 Å². The molecule has 0 amide bonds. The number of benzene rings is 2. The molecule has 0 saturated heterocycles. The molecule has 0 saturated carbocycles. The molecular formula is C18H18OS. The Hall–Kier alpha value is -1.80. The second kappa shape index (κ2) is 8.39. The molecule has 2 aromatic carbocycles. The van der Waals surface area contributed by atoms with E-state index in [9.17, 15) is 4.79 Å². The van der Waals surface area contributed by atoms with Gasteiger partial charge in [0.1, 0.15) is 6.29 Å². The van der Waals surface area contributed by atoms with E-state index < -0.39 is 0 Å². The van der Waals surface area contributed by atoms with Crippen molar-refractivity contribution in [1.82, 2.24) is 0 Å². The second-order valence-electron chi connectivity index (χ2n) is 4.45. The van der Waals surface area contributed by atoms with Crippen LogP contribution in [0.5, 0.6) is 0 Å². The molecule has 2 rings (SSSR count). The highest BCUT2D eigenvalue weighted by molar-refractivity contribution is 8.08. The molecule has 0 spiro atoms. The van der Waals surface area contributed by atoms with Crippen LogP contribution in [-0.4, -0.2) is 6.29 Å². The number of carbonyl (C=O) groups is 1. The first-order valence-electron chi connectivity index (χ1n) is 6.82. The van der Waals surface area contributed by atoms with Gasteiger partial charge >= 0.3 is 0 Å². The Morgan fingerprint density at radius 1 is 0.900 bits per heavy atom. The summed E-state index contributed by atoms with van der Waals surface area (Å²) in [7, 11) is 0. The van der Waals surface area contributed by atoms with Gasteiger partial charge in [-0.3, -0.25) is 0 Å². The van der Waals surface area contributed by atoms with Crippen molar-refractivity contribution in [2.24, 2.45) is 0 Å². The van der Waals surface area contributed by atoms with Gasteiger partial charge in [0, 0.05) is 16.2 Å². The van der Waals surface area contributed by atoms with Crippen LogP contribution in [0.25, 0.3) is 4.91 Å². The van der Waals surface area contributed by atoms with Crippen molar-refractivity contribution in [2.45, 2.75) is 24.2 Å². The van der Waals surface area contributed by atoms with Gasteiger partial charge in [-0.1, -0.05) is 66.4 Å². The van der Waals surface area contributed by atoms with Crippen LogP contribution in [0, 0.1) is 0 Å². The van der Waals surface area contributed by atoms with Crippen LogP contribution < -0.4 is 0 Å². The van der Waals surface area contributed by atoms with Crippen LogP contribution in [0.2, 0.25) is 0 Å². The van der Waals surface area contributed by atoms with Crippen molar-refractivity contribution in [2.75, 3.05) is 0 Å². The minimum absolute atomic E-state index is 0.634. The molecular weight excluding hydrogens is 264 g/mol. The van der Waals surface area contributed by atoms with Gasteiger partial charge in [0.2, 0.25) is 0 Å². The third-order valence-corrected chi connectivity index (χ3v) is 4.02. The van der Waals surface area contributed by atoms with Crippen molar-refractivity contribution >= 4 is 23.0 Å². The minimum Gasteiger partial charge on any atom is -0.303 e. The average Bonchev–Trinajstić information content (AvgIpc) is 2.52. The predicted molar refractivity (Wildman–Crippen MR) is 86.6 cm³/mol. The molecule has 0 unspecified atom stereocenters. The molecule has 0 aliphatic rings. The summed E-state index contributed by atoms with van der Waals surface area (Å²) in [5, 5.41) is 0. The maximum absolute atomic E-state index is 10.4. The minimum atomic E-state index is 0.634. The molecule has 0 radical (unpaired) electrons. The standard InChI is InChI=1S/C18H18OS/c19-15-9-3-8-14-18(16-10-4-1-5-11-16)20-17-12-6-2-7-13-17/h1-2,4-7,10-15H,3,8-9H2. The highest BCUT2D eigenvalue weighted by atomic mass is 32.2. The SMILES string of the molecule is O=CCCCC=C(Sc1ccccc1)c1ccccc1. The smallest absolute Gasteiger partial charge is 0.120 e. The number of carbonyl (C=O) groups excluding carboxylic acids is 1. The summed E-state index contributed by atoms with van der Waals surface area (Å²) in [6.45, 7) is 0. The molecule has 0 heterocycles. The first-order valence-corrected chi connectivity index (χ1v) is 7.64. The van der Waals surface area contributed by atoms with Crippen LogP contribution in [0.4, 0.5) is 0 Å². The van der Waals surface area contributed by atoms with E-state index >= 15 is 0 Å². The van der Waals surface area contributed by atoms with Crippen molar-refractivity contribution in [3.05, 3.63) is 72.3 Å². The Balaban J connectivity index is 2.14. The summed E-state index contributed by atoms with van der Waals surface area (Å²) in [6, 6.07) is 20.8.